The summed E-state index contributed by atoms with van der Waals surface area (Å²) in [7, 11) is 0. The first-order valence-electron chi connectivity index (χ1n) is 8.90. The zero-order chi connectivity index (χ0) is 18.1. The Morgan fingerprint density at radius 2 is 2.12 bits per heavy atom. The molecule has 9 heteroatoms. The lowest BCUT2D eigenvalue weighted by Gasteiger charge is -2.10. The van der Waals surface area contributed by atoms with Gasteiger partial charge in [0.15, 0.2) is 11.8 Å². The zero-order valence-electron chi connectivity index (χ0n) is 15.9. The van der Waals surface area contributed by atoms with E-state index in [9.17, 15) is 0 Å². The summed E-state index contributed by atoms with van der Waals surface area (Å²) >= 11 is 1.72. The fourth-order valence-corrected chi connectivity index (χ4v) is 2.91. The maximum absolute atomic E-state index is 5.26. The van der Waals surface area contributed by atoms with Crippen LogP contribution >= 0.6 is 35.3 Å². The van der Waals surface area contributed by atoms with Crippen LogP contribution in [-0.2, 0) is 19.4 Å². The van der Waals surface area contributed by atoms with Crippen LogP contribution in [0, 0.1) is 0 Å². The van der Waals surface area contributed by atoms with Crippen molar-refractivity contribution >= 4 is 41.3 Å². The first-order valence-corrected chi connectivity index (χ1v) is 9.72. The molecule has 0 aliphatic carbocycles. The molecule has 0 aliphatic heterocycles. The normalized spacial score (nSPS) is 11.5. The molecule has 0 fully saturated rings. The summed E-state index contributed by atoms with van der Waals surface area (Å²) in [6, 6.07) is 0. The van der Waals surface area contributed by atoms with Gasteiger partial charge in [-0.1, -0.05) is 25.9 Å². The maximum atomic E-state index is 5.26. The van der Waals surface area contributed by atoms with Gasteiger partial charge in [-0.25, -0.2) is 9.98 Å². The zero-order valence-corrected chi connectivity index (χ0v) is 19.1. The monoisotopic (exact) mass is 492 g/mol. The fourth-order valence-electron chi connectivity index (χ4n) is 2.12. The molecule has 0 bridgehead atoms. The number of guanidine groups is 1. The molecule has 0 unspecified atom stereocenters. The number of halogens is 1. The molecule has 0 aromatic carbocycles. The Balaban J connectivity index is 0.00000338. The number of nitrogens with one attached hydrogen (secondary N) is 2. The number of thiazole rings is 1. The lowest BCUT2D eigenvalue weighted by molar-refractivity contribution is 0.368. The topological polar surface area (TPSA) is 88.2 Å². The minimum absolute atomic E-state index is 0. The van der Waals surface area contributed by atoms with Crippen LogP contribution in [0.5, 0.6) is 0 Å². The Labute approximate surface area is 176 Å². The molecule has 7 nitrogen and oxygen atoms in total. The van der Waals surface area contributed by atoms with E-state index in [4.69, 9.17) is 4.52 Å². The minimum Gasteiger partial charge on any atom is -0.357 e. The molecule has 2 aromatic heterocycles. The molecule has 26 heavy (non-hydrogen) atoms. The fraction of sp³-hybridized carbons (Fsp3) is 0.647. The van der Waals surface area contributed by atoms with E-state index in [1.807, 2.05) is 6.20 Å². The molecule has 2 heterocycles. The van der Waals surface area contributed by atoms with Crippen LogP contribution in [0.15, 0.2) is 15.7 Å². The van der Waals surface area contributed by atoms with E-state index in [2.05, 4.69) is 58.4 Å². The Hall–Kier alpha value is -1.23. The SMILES string of the molecule is CCNC(=NCc1ncc(CC)s1)NCCCc1nc(C(C)C)no1.I. The number of aromatic nitrogens is 3. The van der Waals surface area contributed by atoms with E-state index in [0.717, 1.165) is 49.1 Å². The number of aliphatic imine (C=N–C) groups is 1. The predicted molar refractivity (Wildman–Crippen MR) is 116 cm³/mol. The third-order valence-corrected chi connectivity index (χ3v) is 4.65. The second-order valence-corrected chi connectivity index (χ2v) is 7.20. The van der Waals surface area contributed by atoms with E-state index >= 15 is 0 Å². The van der Waals surface area contributed by atoms with E-state index in [-0.39, 0.29) is 24.0 Å². The van der Waals surface area contributed by atoms with Crippen LogP contribution in [0.4, 0.5) is 0 Å². The summed E-state index contributed by atoms with van der Waals surface area (Å²) in [5.41, 5.74) is 0. The third-order valence-electron chi connectivity index (χ3n) is 3.53. The summed E-state index contributed by atoms with van der Waals surface area (Å²) < 4.78 is 5.26. The van der Waals surface area contributed by atoms with Gasteiger partial charge in [0.05, 0.1) is 6.54 Å². The Morgan fingerprint density at radius 1 is 1.31 bits per heavy atom. The molecule has 0 amide bonds. The highest BCUT2D eigenvalue weighted by molar-refractivity contribution is 14.0. The maximum Gasteiger partial charge on any atom is 0.226 e. The third kappa shape index (κ3) is 7.56. The molecule has 0 radical (unpaired) electrons. The number of nitrogens with zero attached hydrogens (tertiary/aromatic N) is 4. The van der Waals surface area contributed by atoms with E-state index in [1.165, 1.54) is 4.88 Å². The van der Waals surface area contributed by atoms with Crippen molar-refractivity contribution in [1.29, 1.82) is 0 Å². The minimum atomic E-state index is 0. The highest BCUT2D eigenvalue weighted by atomic mass is 127. The van der Waals surface area contributed by atoms with Gasteiger partial charge in [-0.2, -0.15) is 4.98 Å². The summed E-state index contributed by atoms with van der Waals surface area (Å²) in [6.07, 6.45) is 4.62. The van der Waals surface area contributed by atoms with Crippen LogP contribution in [0.3, 0.4) is 0 Å². The van der Waals surface area contributed by atoms with Crippen LogP contribution < -0.4 is 10.6 Å². The lowest BCUT2D eigenvalue weighted by atomic mass is 10.2. The van der Waals surface area contributed by atoms with Crippen molar-refractivity contribution in [2.45, 2.75) is 59.4 Å². The number of rotatable bonds is 9. The molecule has 0 atom stereocenters. The average Bonchev–Trinajstić information content (AvgIpc) is 3.25. The standard InChI is InChI=1S/C17H28N6OS.HI/c1-5-13-10-20-15(25-13)11-21-17(18-6-2)19-9-7-8-14-22-16(12(3)4)23-24-14;/h10,12H,5-9,11H2,1-4H3,(H2,18,19,21);1H. The smallest absolute Gasteiger partial charge is 0.226 e. The van der Waals surface area contributed by atoms with Gasteiger partial charge in [-0.05, 0) is 19.8 Å². The van der Waals surface area contributed by atoms with Crippen molar-refractivity contribution in [2.24, 2.45) is 4.99 Å². The van der Waals surface area contributed by atoms with E-state index in [1.54, 1.807) is 11.3 Å². The van der Waals surface area contributed by atoms with Gasteiger partial charge in [-0.15, -0.1) is 35.3 Å². The average molecular weight is 492 g/mol. The van der Waals surface area contributed by atoms with Gasteiger partial charge in [0.25, 0.3) is 0 Å². The van der Waals surface area contributed by atoms with Gasteiger partial charge < -0.3 is 15.2 Å². The summed E-state index contributed by atoms with van der Waals surface area (Å²) in [4.78, 5) is 14.7. The number of aryl methyl sites for hydroxylation is 2. The highest BCUT2D eigenvalue weighted by Crippen LogP contribution is 2.14. The molecular formula is C17H29IN6OS. The van der Waals surface area contributed by atoms with Gasteiger partial charge in [0.2, 0.25) is 5.89 Å². The quantitative estimate of drug-likeness (QED) is 0.241. The second-order valence-electron chi connectivity index (χ2n) is 6.00. The van der Waals surface area contributed by atoms with Crippen LogP contribution in [0.2, 0.25) is 0 Å². The number of hydrogen-bond donors (Lipinski definition) is 2. The first-order chi connectivity index (χ1) is 12.1. The molecule has 2 N–H and O–H groups in total. The summed E-state index contributed by atoms with van der Waals surface area (Å²) in [5, 5.41) is 11.6. The first kappa shape index (κ1) is 22.8. The molecule has 2 rings (SSSR count). The van der Waals surface area contributed by atoms with Gasteiger partial charge in [0, 0.05) is 36.5 Å². The molecular weight excluding hydrogens is 463 g/mol. The molecule has 0 saturated heterocycles. The molecule has 146 valence electrons. The predicted octanol–water partition coefficient (Wildman–Crippen LogP) is 3.52. The Morgan fingerprint density at radius 3 is 2.73 bits per heavy atom. The van der Waals surface area contributed by atoms with Gasteiger partial charge in [-0.3, -0.25) is 0 Å². The Kier molecular flexibility index (Phi) is 10.7. The van der Waals surface area contributed by atoms with Crippen molar-refractivity contribution in [3.05, 3.63) is 27.8 Å². The Bertz CT molecular complexity index is 670. The molecule has 0 saturated carbocycles. The molecule has 2 aromatic rings. The van der Waals surface area contributed by atoms with Crippen LogP contribution in [0.25, 0.3) is 0 Å². The van der Waals surface area contributed by atoms with Gasteiger partial charge >= 0.3 is 0 Å². The molecule has 0 spiro atoms. The molecule has 0 aliphatic rings. The second kappa shape index (κ2) is 12.2. The van der Waals surface area contributed by atoms with Crippen molar-refractivity contribution in [2.75, 3.05) is 13.1 Å². The van der Waals surface area contributed by atoms with Crippen LogP contribution in [-0.4, -0.2) is 34.2 Å². The van der Waals surface area contributed by atoms with Crippen molar-refractivity contribution in [3.63, 3.8) is 0 Å². The van der Waals surface area contributed by atoms with Crippen molar-refractivity contribution in [1.82, 2.24) is 25.8 Å². The van der Waals surface area contributed by atoms with E-state index < -0.39 is 0 Å². The van der Waals surface area contributed by atoms with Crippen molar-refractivity contribution < 1.29 is 4.52 Å². The highest BCUT2D eigenvalue weighted by Gasteiger charge is 2.09. The summed E-state index contributed by atoms with van der Waals surface area (Å²) in [6.45, 7) is 10.5. The van der Waals surface area contributed by atoms with E-state index in [0.29, 0.717) is 18.4 Å². The van der Waals surface area contributed by atoms with Crippen molar-refractivity contribution in [3.8, 4) is 0 Å². The lowest BCUT2D eigenvalue weighted by Crippen LogP contribution is -2.37. The summed E-state index contributed by atoms with van der Waals surface area (Å²) in [5.74, 6) is 2.57. The largest absolute Gasteiger partial charge is 0.357 e. The van der Waals surface area contributed by atoms with Gasteiger partial charge in [0.1, 0.15) is 5.01 Å². The van der Waals surface area contributed by atoms with Crippen LogP contribution in [0.1, 0.15) is 61.6 Å². The number of hydrogen-bond acceptors (Lipinski definition) is 6.